The number of hydrogen-bond donors (Lipinski definition) is 1. The first-order valence-corrected chi connectivity index (χ1v) is 9.13. The molecule has 0 saturated carbocycles. The van der Waals surface area contributed by atoms with Gasteiger partial charge in [0, 0.05) is 13.1 Å². The number of nitrogens with one attached hydrogen (secondary N) is 1. The molecule has 5 nitrogen and oxygen atoms in total. The third-order valence-corrected chi connectivity index (χ3v) is 4.71. The van der Waals surface area contributed by atoms with E-state index in [0.29, 0.717) is 17.9 Å². The van der Waals surface area contributed by atoms with Gasteiger partial charge in [0.2, 0.25) is 0 Å². The van der Waals surface area contributed by atoms with Gasteiger partial charge in [-0.2, -0.15) is 0 Å². The van der Waals surface area contributed by atoms with E-state index in [4.69, 9.17) is 4.74 Å². The van der Waals surface area contributed by atoms with E-state index >= 15 is 0 Å². The highest BCUT2D eigenvalue weighted by Crippen LogP contribution is 2.17. The smallest absolute Gasteiger partial charge is 0.255 e. The molecule has 140 valence electrons. The number of carbonyl (C=O) groups excluding carboxylic acids is 1. The third kappa shape index (κ3) is 3.74. The molecule has 0 aliphatic carbocycles. The Bertz CT molecular complexity index is 1100. The molecule has 4 rings (SSSR count). The number of carbonyl (C=O) groups is 1. The lowest BCUT2D eigenvalue weighted by Gasteiger charge is -2.10. The second-order valence-corrected chi connectivity index (χ2v) is 6.56. The molecule has 3 aromatic carbocycles. The van der Waals surface area contributed by atoms with Gasteiger partial charge in [-0.1, -0.05) is 48.5 Å². The molecule has 4 aromatic rings. The highest BCUT2D eigenvalue weighted by atomic mass is 16.5. The average Bonchev–Trinajstić information content (AvgIpc) is 3.16. The quantitative estimate of drug-likeness (QED) is 0.557. The van der Waals surface area contributed by atoms with Crippen molar-refractivity contribution in [1.29, 1.82) is 0 Å². The second-order valence-electron chi connectivity index (χ2n) is 6.56. The number of amides is 1. The topological polar surface area (TPSA) is 56.1 Å². The van der Waals surface area contributed by atoms with Gasteiger partial charge in [0.25, 0.3) is 5.91 Å². The lowest BCUT2D eigenvalue weighted by Crippen LogP contribution is -2.23. The Morgan fingerprint density at radius 1 is 0.964 bits per heavy atom. The van der Waals surface area contributed by atoms with Gasteiger partial charge in [0.1, 0.15) is 5.75 Å². The summed E-state index contributed by atoms with van der Waals surface area (Å²) >= 11 is 0. The molecule has 1 aromatic heterocycles. The van der Waals surface area contributed by atoms with Crippen molar-refractivity contribution in [3.05, 3.63) is 95.8 Å². The summed E-state index contributed by atoms with van der Waals surface area (Å²) in [6.07, 6.45) is 1.87. The molecule has 0 radical (unpaired) electrons. The van der Waals surface area contributed by atoms with Crippen molar-refractivity contribution in [1.82, 2.24) is 14.9 Å². The standard InChI is InChI=1S/C23H21N3O2/c1-28-22-9-5-2-6-19(22)23(27)24-14-17-10-12-18(13-11-17)15-26-16-25-20-7-3-4-8-21(20)26/h2-13,16H,14-15H2,1H3,(H,24,27). The first-order valence-electron chi connectivity index (χ1n) is 9.13. The molecule has 1 N–H and O–H groups in total. The van der Waals surface area contributed by atoms with Crippen LogP contribution in [0.2, 0.25) is 0 Å². The van der Waals surface area contributed by atoms with Crippen molar-refractivity contribution >= 4 is 16.9 Å². The van der Waals surface area contributed by atoms with E-state index in [0.717, 1.165) is 23.1 Å². The van der Waals surface area contributed by atoms with Gasteiger partial charge in [-0.3, -0.25) is 4.79 Å². The summed E-state index contributed by atoms with van der Waals surface area (Å²) in [7, 11) is 1.56. The summed E-state index contributed by atoms with van der Waals surface area (Å²) in [5.41, 5.74) is 4.88. The predicted molar refractivity (Wildman–Crippen MR) is 109 cm³/mol. The normalized spacial score (nSPS) is 10.8. The number of para-hydroxylation sites is 3. The summed E-state index contributed by atoms with van der Waals surface area (Å²) < 4.78 is 7.38. The molecule has 0 spiro atoms. The molecular weight excluding hydrogens is 350 g/mol. The van der Waals surface area contributed by atoms with Gasteiger partial charge in [-0.15, -0.1) is 0 Å². The first-order chi connectivity index (χ1) is 13.7. The summed E-state index contributed by atoms with van der Waals surface area (Å²) in [5, 5.41) is 2.95. The Morgan fingerprint density at radius 2 is 1.68 bits per heavy atom. The molecule has 5 heteroatoms. The van der Waals surface area contributed by atoms with Crippen molar-refractivity contribution in [2.75, 3.05) is 7.11 Å². The number of methoxy groups -OCH3 is 1. The zero-order valence-corrected chi connectivity index (χ0v) is 15.6. The zero-order valence-electron chi connectivity index (χ0n) is 15.6. The van der Waals surface area contributed by atoms with E-state index in [-0.39, 0.29) is 5.91 Å². The summed E-state index contributed by atoms with van der Waals surface area (Å²) in [6, 6.07) is 23.6. The number of ether oxygens (including phenoxy) is 1. The van der Waals surface area contributed by atoms with Crippen LogP contribution in [0.1, 0.15) is 21.5 Å². The van der Waals surface area contributed by atoms with E-state index in [1.165, 1.54) is 5.56 Å². The van der Waals surface area contributed by atoms with Crippen molar-refractivity contribution in [2.24, 2.45) is 0 Å². The Kier molecular flexibility index (Phi) is 5.06. The van der Waals surface area contributed by atoms with Gasteiger partial charge >= 0.3 is 0 Å². The molecule has 0 aliphatic heterocycles. The van der Waals surface area contributed by atoms with Gasteiger partial charge in [-0.05, 0) is 35.4 Å². The lowest BCUT2D eigenvalue weighted by atomic mass is 10.1. The number of rotatable bonds is 6. The van der Waals surface area contributed by atoms with Gasteiger partial charge < -0.3 is 14.6 Å². The maximum absolute atomic E-state index is 12.4. The Labute approximate surface area is 163 Å². The predicted octanol–water partition coefficient (Wildman–Crippen LogP) is 4.02. The fraction of sp³-hybridized carbons (Fsp3) is 0.130. The van der Waals surface area contributed by atoms with Gasteiger partial charge in [0.05, 0.1) is 30.0 Å². The van der Waals surface area contributed by atoms with Crippen molar-refractivity contribution < 1.29 is 9.53 Å². The van der Waals surface area contributed by atoms with Crippen molar-refractivity contribution in [3.63, 3.8) is 0 Å². The minimum absolute atomic E-state index is 0.147. The molecule has 0 fully saturated rings. The molecule has 0 unspecified atom stereocenters. The number of hydrogen-bond acceptors (Lipinski definition) is 3. The van der Waals surface area contributed by atoms with Gasteiger partial charge in [-0.25, -0.2) is 4.98 Å². The number of fused-ring (bicyclic) bond motifs is 1. The Hall–Kier alpha value is -3.60. The maximum atomic E-state index is 12.4. The summed E-state index contributed by atoms with van der Waals surface area (Å²) in [5.74, 6) is 0.425. The monoisotopic (exact) mass is 371 g/mol. The molecule has 0 atom stereocenters. The maximum Gasteiger partial charge on any atom is 0.255 e. The average molecular weight is 371 g/mol. The third-order valence-electron chi connectivity index (χ3n) is 4.71. The SMILES string of the molecule is COc1ccccc1C(=O)NCc1ccc(Cn2cnc3ccccc32)cc1. The number of imidazole rings is 1. The first kappa shape index (κ1) is 17.8. The van der Waals surface area contributed by atoms with E-state index in [1.807, 2.05) is 48.8 Å². The fourth-order valence-corrected chi connectivity index (χ4v) is 3.21. The molecule has 0 aliphatic rings. The zero-order chi connectivity index (χ0) is 19.3. The fourth-order valence-electron chi connectivity index (χ4n) is 3.21. The largest absolute Gasteiger partial charge is 0.496 e. The van der Waals surface area contributed by atoms with Crippen molar-refractivity contribution in [3.8, 4) is 5.75 Å². The Balaban J connectivity index is 1.40. The minimum Gasteiger partial charge on any atom is -0.496 e. The highest BCUT2D eigenvalue weighted by Gasteiger charge is 2.11. The van der Waals surface area contributed by atoms with E-state index < -0.39 is 0 Å². The van der Waals surface area contributed by atoms with E-state index in [9.17, 15) is 4.79 Å². The van der Waals surface area contributed by atoms with Crippen LogP contribution in [-0.4, -0.2) is 22.6 Å². The van der Waals surface area contributed by atoms with Crippen LogP contribution in [0.3, 0.4) is 0 Å². The van der Waals surface area contributed by atoms with Crippen LogP contribution in [0.25, 0.3) is 11.0 Å². The molecule has 1 amide bonds. The van der Waals surface area contributed by atoms with Crippen LogP contribution in [0, 0.1) is 0 Å². The summed E-state index contributed by atoms with van der Waals surface area (Å²) in [4.78, 5) is 16.8. The minimum atomic E-state index is -0.147. The van der Waals surface area contributed by atoms with Gasteiger partial charge in [0.15, 0.2) is 0 Å². The van der Waals surface area contributed by atoms with E-state index in [2.05, 4.69) is 33.1 Å². The lowest BCUT2D eigenvalue weighted by molar-refractivity contribution is 0.0948. The molecule has 0 saturated heterocycles. The summed E-state index contributed by atoms with van der Waals surface area (Å²) in [6.45, 7) is 1.22. The van der Waals surface area contributed by atoms with Crippen LogP contribution < -0.4 is 10.1 Å². The van der Waals surface area contributed by atoms with Crippen LogP contribution >= 0.6 is 0 Å². The molecule has 0 bridgehead atoms. The number of benzene rings is 3. The van der Waals surface area contributed by atoms with Crippen LogP contribution in [-0.2, 0) is 13.1 Å². The van der Waals surface area contributed by atoms with Crippen molar-refractivity contribution in [2.45, 2.75) is 13.1 Å². The highest BCUT2D eigenvalue weighted by molar-refractivity contribution is 5.96. The van der Waals surface area contributed by atoms with Crippen LogP contribution in [0.4, 0.5) is 0 Å². The van der Waals surface area contributed by atoms with E-state index in [1.54, 1.807) is 19.2 Å². The van der Waals surface area contributed by atoms with Crippen LogP contribution in [0.15, 0.2) is 79.1 Å². The molecular formula is C23H21N3O2. The second kappa shape index (κ2) is 7.96. The number of aromatic nitrogens is 2. The molecule has 1 heterocycles. The van der Waals surface area contributed by atoms with Crippen LogP contribution in [0.5, 0.6) is 5.75 Å². The number of nitrogens with zero attached hydrogens (tertiary/aromatic N) is 2. The Morgan fingerprint density at radius 3 is 2.50 bits per heavy atom. The molecule has 28 heavy (non-hydrogen) atoms.